The van der Waals surface area contributed by atoms with Gasteiger partial charge in [0.1, 0.15) is 11.5 Å². The predicted octanol–water partition coefficient (Wildman–Crippen LogP) is 4.14. The van der Waals surface area contributed by atoms with Gasteiger partial charge in [-0.15, -0.1) is 0 Å². The molecular formula is C13H9ClF2N2O2. The number of nitrogens with one attached hydrogen (secondary N) is 1. The van der Waals surface area contributed by atoms with Gasteiger partial charge in [-0.2, -0.15) is 0 Å². The third-order valence-corrected chi connectivity index (χ3v) is 2.97. The lowest BCUT2D eigenvalue weighted by atomic mass is 10.2. The molecule has 0 bridgehead atoms. The Kier molecular flexibility index (Phi) is 4.14. The first-order valence-electron chi connectivity index (χ1n) is 5.60. The molecule has 4 nitrogen and oxygen atoms in total. The fraction of sp³-hybridized carbons (Fsp3) is 0.0769. The highest BCUT2D eigenvalue weighted by molar-refractivity contribution is 6.30. The number of para-hydroxylation sites is 1. The van der Waals surface area contributed by atoms with Gasteiger partial charge >= 0.3 is 0 Å². The fourth-order valence-corrected chi connectivity index (χ4v) is 1.90. The maximum Gasteiger partial charge on any atom is 0.295 e. The van der Waals surface area contributed by atoms with Crippen LogP contribution in [0.3, 0.4) is 0 Å². The maximum absolute atomic E-state index is 13.7. The highest BCUT2D eigenvalue weighted by Gasteiger charge is 2.18. The van der Waals surface area contributed by atoms with Crippen molar-refractivity contribution in [2.75, 3.05) is 5.32 Å². The van der Waals surface area contributed by atoms with Gasteiger partial charge in [-0.05, 0) is 12.1 Å². The maximum atomic E-state index is 13.7. The minimum absolute atomic E-state index is 0.0627. The van der Waals surface area contributed by atoms with Crippen LogP contribution in [-0.2, 0) is 6.54 Å². The van der Waals surface area contributed by atoms with Crippen molar-refractivity contribution >= 4 is 23.0 Å². The first kappa shape index (κ1) is 14.2. The molecule has 2 aromatic carbocycles. The molecule has 0 saturated heterocycles. The van der Waals surface area contributed by atoms with Gasteiger partial charge < -0.3 is 5.32 Å². The summed E-state index contributed by atoms with van der Waals surface area (Å²) in [6, 6.07) is 7.87. The quantitative estimate of drug-likeness (QED) is 0.682. The van der Waals surface area contributed by atoms with E-state index in [0.29, 0.717) is 0 Å². The van der Waals surface area contributed by atoms with Crippen molar-refractivity contribution in [3.63, 3.8) is 0 Å². The van der Waals surface area contributed by atoms with Crippen LogP contribution in [0.4, 0.5) is 20.2 Å². The SMILES string of the molecule is O=[N+]([O-])c1cccc(F)c1NCc1cccc(Cl)c1F. The molecule has 0 spiro atoms. The first-order chi connectivity index (χ1) is 9.50. The molecule has 0 aliphatic rings. The van der Waals surface area contributed by atoms with Crippen LogP contribution in [0, 0.1) is 21.7 Å². The summed E-state index contributed by atoms with van der Waals surface area (Å²) in [5, 5.41) is 13.3. The molecule has 1 N–H and O–H groups in total. The molecule has 0 aliphatic carbocycles. The number of nitro benzene ring substituents is 1. The van der Waals surface area contributed by atoms with Crippen molar-refractivity contribution < 1.29 is 13.7 Å². The molecule has 2 rings (SSSR count). The second kappa shape index (κ2) is 5.83. The summed E-state index contributed by atoms with van der Waals surface area (Å²) in [5.74, 6) is -1.41. The predicted molar refractivity (Wildman–Crippen MR) is 71.8 cm³/mol. The Bertz CT molecular complexity index is 665. The van der Waals surface area contributed by atoms with Crippen LogP contribution < -0.4 is 5.32 Å². The Morgan fingerprint density at radius 3 is 2.60 bits per heavy atom. The molecule has 7 heteroatoms. The lowest BCUT2D eigenvalue weighted by Crippen LogP contribution is -2.06. The normalized spacial score (nSPS) is 10.3. The molecule has 0 aromatic heterocycles. The second-order valence-corrected chi connectivity index (χ2v) is 4.36. The van der Waals surface area contributed by atoms with E-state index in [1.54, 1.807) is 0 Å². The largest absolute Gasteiger partial charge is 0.373 e. The van der Waals surface area contributed by atoms with E-state index in [4.69, 9.17) is 11.6 Å². The van der Waals surface area contributed by atoms with Crippen molar-refractivity contribution in [1.29, 1.82) is 0 Å². The Balaban J connectivity index is 2.27. The van der Waals surface area contributed by atoms with E-state index in [1.165, 1.54) is 30.3 Å². The molecule has 0 fully saturated rings. The summed E-state index contributed by atoms with van der Waals surface area (Å²) < 4.78 is 27.3. The molecule has 0 atom stereocenters. The zero-order valence-corrected chi connectivity index (χ0v) is 10.8. The third kappa shape index (κ3) is 2.85. The molecule has 20 heavy (non-hydrogen) atoms. The molecule has 104 valence electrons. The van der Waals surface area contributed by atoms with Gasteiger partial charge in [0.25, 0.3) is 5.69 Å². The standard InChI is InChI=1S/C13H9ClF2N2O2/c14-9-4-1-3-8(12(9)16)7-17-13-10(15)5-2-6-11(13)18(19)20/h1-6,17H,7H2. The van der Waals surface area contributed by atoms with Gasteiger partial charge in [0.05, 0.1) is 9.95 Å². The summed E-state index contributed by atoms with van der Waals surface area (Å²) >= 11 is 5.62. The van der Waals surface area contributed by atoms with Crippen LogP contribution in [0.2, 0.25) is 5.02 Å². The van der Waals surface area contributed by atoms with Gasteiger partial charge in [0.2, 0.25) is 0 Å². The van der Waals surface area contributed by atoms with Crippen LogP contribution in [0.5, 0.6) is 0 Å². The molecule has 0 amide bonds. The number of nitrogens with zero attached hydrogens (tertiary/aromatic N) is 1. The second-order valence-electron chi connectivity index (χ2n) is 3.96. The fourth-order valence-electron chi connectivity index (χ4n) is 1.71. The van der Waals surface area contributed by atoms with E-state index in [1.807, 2.05) is 0 Å². The van der Waals surface area contributed by atoms with Crippen molar-refractivity contribution in [2.45, 2.75) is 6.54 Å². The summed E-state index contributed by atoms with van der Waals surface area (Å²) in [7, 11) is 0. The van der Waals surface area contributed by atoms with E-state index in [9.17, 15) is 18.9 Å². The zero-order chi connectivity index (χ0) is 14.7. The lowest BCUT2D eigenvalue weighted by Gasteiger charge is -2.09. The van der Waals surface area contributed by atoms with Crippen molar-refractivity contribution in [3.05, 3.63) is 68.7 Å². The number of nitro groups is 1. The molecular weight excluding hydrogens is 290 g/mol. The van der Waals surface area contributed by atoms with Crippen LogP contribution in [0.25, 0.3) is 0 Å². The van der Waals surface area contributed by atoms with Gasteiger partial charge in [-0.3, -0.25) is 10.1 Å². The Hall–Kier alpha value is -2.21. The van der Waals surface area contributed by atoms with Crippen LogP contribution >= 0.6 is 11.6 Å². The molecule has 2 aromatic rings. The highest BCUT2D eigenvalue weighted by atomic mass is 35.5. The summed E-state index contributed by atoms with van der Waals surface area (Å²) in [6.45, 7) is -0.117. The van der Waals surface area contributed by atoms with Gasteiger partial charge in [0.15, 0.2) is 5.82 Å². The summed E-state index contributed by atoms with van der Waals surface area (Å²) in [5.41, 5.74) is -0.501. The summed E-state index contributed by atoms with van der Waals surface area (Å²) in [4.78, 5) is 10.1. The zero-order valence-electron chi connectivity index (χ0n) is 10.1. The molecule has 0 saturated carbocycles. The number of halogens is 3. The molecule has 0 heterocycles. The van der Waals surface area contributed by atoms with Crippen molar-refractivity contribution in [2.24, 2.45) is 0 Å². The molecule has 0 unspecified atom stereocenters. The van der Waals surface area contributed by atoms with E-state index >= 15 is 0 Å². The number of anilines is 1. The monoisotopic (exact) mass is 298 g/mol. The first-order valence-corrected chi connectivity index (χ1v) is 5.98. The topological polar surface area (TPSA) is 55.2 Å². The van der Waals surface area contributed by atoms with E-state index in [0.717, 1.165) is 6.07 Å². The average molecular weight is 299 g/mol. The van der Waals surface area contributed by atoms with Crippen molar-refractivity contribution in [1.82, 2.24) is 0 Å². The Morgan fingerprint density at radius 2 is 1.90 bits per heavy atom. The third-order valence-electron chi connectivity index (χ3n) is 2.68. The van der Waals surface area contributed by atoms with Crippen LogP contribution in [0.1, 0.15) is 5.56 Å². The smallest absolute Gasteiger partial charge is 0.295 e. The minimum Gasteiger partial charge on any atom is -0.373 e. The minimum atomic E-state index is -0.776. The highest BCUT2D eigenvalue weighted by Crippen LogP contribution is 2.28. The van der Waals surface area contributed by atoms with Crippen LogP contribution in [0.15, 0.2) is 36.4 Å². The van der Waals surface area contributed by atoms with Crippen LogP contribution in [-0.4, -0.2) is 4.92 Å². The summed E-state index contributed by atoms with van der Waals surface area (Å²) in [6.07, 6.45) is 0. The number of benzene rings is 2. The Morgan fingerprint density at radius 1 is 1.20 bits per heavy atom. The average Bonchev–Trinajstić information content (AvgIpc) is 2.41. The Labute approximate surface area is 118 Å². The van der Waals surface area contributed by atoms with Gasteiger partial charge in [-0.25, -0.2) is 8.78 Å². The molecule has 0 radical (unpaired) electrons. The van der Waals surface area contributed by atoms with E-state index < -0.39 is 22.2 Å². The molecule has 0 aliphatic heterocycles. The number of hydrogen-bond donors (Lipinski definition) is 1. The number of hydrogen-bond acceptors (Lipinski definition) is 3. The lowest BCUT2D eigenvalue weighted by molar-refractivity contribution is -0.384. The van der Waals surface area contributed by atoms with E-state index in [-0.39, 0.29) is 22.8 Å². The van der Waals surface area contributed by atoms with Gasteiger partial charge in [-0.1, -0.05) is 29.8 Å². The van der Waals surface area contributed by atoms with Gasteiger partial charge in [0, 0.05) is 18.2 Å². The van der Waals surface area contributed by atoms with Crippen molar-refractivity contribution in [3.8, 4) is 0 Å². The van der Waals surface area contributed by atoms with E-state index in [2.05, 4.69) is 5.32 Å². The number of rotatable bonds is 4.